The van der Waals surface area contributed by atoms with E-state index in [1.165, 1.54) is 79.8 Å². The number of aliphatic carboxylic acids is 2. The number of aliphatic imine (C=N–C) groups is 1. The van der Waals surface area contributed by atoms with Crippen molar-refractivity contribution in [2.75, 3.05) is 109 Å². The standard InChI is InChI=1S/C39H53N4.C36H36N2O4.C35H33N7O6/c1-9-40(10-2)32-24-20-30(21-25-32)38(31-22-26-33(27-23-31)41(11-3)12-4)35-28-29-37(43(15-7)16-8)39-34(35)18-17-19-36(39)42(13-5)14-6;1-5-37(6-2)27-18-14-25(15-19-27)32(26-16-20-28(21-17-26)38(7-3)8-4)33-30(39)22-31(40)34-35(41)29(23-42-36(33)34)24-12-10-9-11-13-24;1-17-3-6-23-20(11-17)13-21-12-18(2)4-7-24(21)29(23)25-14-19(32(45)40-27(34(47)48)9-10-28(43)44)5-8-26(25)37-15-22-16-38-30-31(39-22)41-35(36)42-33(30)46/h17-29H,9-16H2,1-8H3;9-23,40H,5-8H2,1-4H3;3-8,11-12,14,16,25,27,29H,9-10,13,15H2,1-2H3,(H,40,45)(H,43,44)(H,47,48)(H3,36,39,41,42,46)/q+1;;. The third-order valence-electron chi connectivity index (χ3n) is 25.5. The van der Waals surface area contributed by atoms with E-state index in [-0.39, 0.29) is 58.5 Å². The van der Waals surface area contributed by atoms with E-state index < -0.39 is 58.8 Å². The largest absolute Gasteiger partial charge is 0.507 e. The fraction of sp³-hybridized carbons (Fsp3) is 0.300. The van der Waals surface area contributed by atoms with Gasteiger partial charge in [0, 0.05) is 135 Å². The van der Waals surface area contributed by atoms with Gasteiger partial charge in [-0.25, -0.2) is 19.3 Å². The molecule has 15 rings (SSSR count). The lowest BCUT2D eigenvalue weighted by molar-refractivity contribution is -0.519. The number of hydrogen-bond acceptors (Lipinski definition) is 18. The number of carboxylic acids is 2. The van der Waals surface area contributed by atoms with Crippen molar-refractivity contribution >= 4 is 109 Å². The van der Waals surface area contributed by atoms with Crippen LogP contribution < -0.4 is 46.5 Å². The minimum Gasteiger partial charge on any atom is -0.507 e. The number of nitrogens with zero attached hydrogens (tertiary/aromatic N) is 10. The van der Waals surface area contributed by atoms with E-state index in [4.69, 9.17) is 20.2 Å². The number of anilines is 6. The average Bonchev–Trinajstić information content (AvgIpc) is 0.743. The number of rotatable bonds is 31. The van der Waals surface area contributed by atoms with Crippen molar-refractivity contribution in [3.63, 3.8) is 0 Å². The van der Waals surface area contributed by atoms with Crippen LogP contribution in [-0.2, 0) is 32.1 Å². The highest BCUT2D eigenvalue weighted by atomic mass is 16.4. The summed E-state index contributed by atoms with van der Waals surface area (Å²) in [5, 5.41) is 32.1. The molecule has 3 aromatic heterocycles. The molecule has 686 valence electrons. The Bertz CT molecular complexity index is 6330. The molecule has 4 aliphatic carbocycles. The van der Waals surface area contributed by atoms with E-state index in [9.17, 15) is 39.0 Å². The minimum absolute atomic E-state index is 0.0111. The number of hydrogen-bond donors (Lipinski definition) is 6. The summed E-state index contributed by atoms with van der Waals surface area (Å²) in [6, 6.07) is 61.9. The first kappa shape index (κ1) is 96.0. The molecule has 7 N–H and O–H groups in total. The SMILES string of the molecule is CCN(CC)c1ccc(C(=C2C(=O)C=C(O)c3c2occ(-c2ccccc2)c3=O)c2ccc(N(CC)CC)cc2)cc1.CCN(CC)c1ccc(C(=C2C=CC(=[N+](CC)CC)c3c2cccc3N(CC)CC)c2ccc(N(CC)CC)cc2)cc1.Cc1ccc2c(c1)Cc1cc(C)ccc1C2C1C=C(C(=O)NC(CCC(=O)O)C(=O)O)C=CC1=NCc1cnc2c(=O)[nH]c(N)nc2n1. The summed E-state index contributed by atoms with van der Waals surface area (Å²) >= 11 is 0. The smallest absolute Gasteiger partial charge is 0.326 e. The predicted molar refractivity (Wildman–Crippen MR) is 540 cm³/mol. The molecular formula is C110H122N13O10+. The van der Waals surface area contributed by atoms with E-state index in [1.54, 1.807) is 18.2 Å². The van der Waals surface area contributed by atoms with Gasteiger partial charge in [0.25, 0.3) is 11.5 Å². The van der Waals surface area contributed by atoms with Gasteiger partial charge in [-0.15, -0.1) is 0 Å². The molecule has 2 unspecified atom stereocenters. The second-order valence-corrected chi connectivity index (χ2v) is 33.2. The number of ketones is 1. The lowest BCUT2D eigenvalue weighted by Crippen LogP contribution is -2.42. The molecule has 11 aromatic rings. The lowest BCUT2D eigenvalue weighted by Gasteiger charge is -2.35. The van der Waals surface area contributed by atoms with Crippen molar-refractivity contribution < 1.29 is 43.5 Å². The van der Waals surface area contributed by atoms with Gasteiger partial charge in [-0.2, -0.15) is 4.98 Å². The summed E-state index contributed by atoms with van der Waals surface area (Å²) in [7, 11) is 0. The topological polar surface area (TPSA) is 300 Å². The molecule has 4 aliphatic rings. The zero-order valence-corrected chi connectivity index (χ0v) is 78.7. The molecule has 23 heteroatoms. The first-order valence-electron chi connectivity index (χ1n) is 46.5. The molecule has 1 amide bonds. The quantitative estimate of drug-likeness (QED) is 0.0174. The van der Waals surface area contributed by atoms with E-state index >= 15 is 0 Å². The molecule has 0 radical (unpaired) electrons. The Morgan fingerprint density at radius 1 is 0.579 bits per heavy atom. The van der Waals surface area contributed by atoms with Crippen molar-refractivity contribution in [1.29, 1.82) is 0 Å². The molecule has 23 nitrogen and oxygen atoms in total. The monoisotopic (exact) mass is 1780 g/mol. The number of carbonyl (C=O) groups is 4. The molecule has 3 heterocycles. The number of nitrogen functional groups attached to an aromatic ring is 1. The van der Waals surface area contributed by atoms with Gasteiger partial charge in [0.05, 0.1) is 40.8 Å². The number of amides is 1. The number of nitrogens with two attached hydrogens (primary N) is 1. The highest BCUT2D eigenvalue weighted by Gasteiger charge is 2.38. The first-order chi connectivity index (χ1) is 64.4. The maximum absolute atomic E-state index is 13.7. The second kappa shape index (κ2) is 43.9. The number of benzene rings is 8. The summed E-state index contributed by atoms with van der Waals surface area (Å²) in [6.45, 7) is 42.0. The number of carbonyl (C=O) groups excluding carboxylic acids is 2. The van der Waals surface area contributed by atoms with E-state index in [2.05, 4.69) is 253 Å². The molecule has 8 aromatic carbocycles. The van der Waals surface area contributed by atoms with Crippen LogP contribution in [-0.4, -0.2) is 159 Å². The zero-order valence-electron chi connectivity index (χ0n) is 78.7. The van der Waals surface area contributed by atoms with E-state index in [1.807, 2.05) is 92.7 Å². The number of H-pyrrole nitrogens is 1. The average molecular weight is 1790 g/mol. The van der Waals surface area contributed by atoms with Gasteiger partial charge in [-0.1, -0.05) is 145 Å². The van der Waals surface area contributed by atoms with Gasteiger partial charge in [-0.05, 0) is 249 Å². The molecule has 133 heavy (non-hydrogen) atoms. The van der Waals surface area contributed by atoms with Crippen molar-refractivity contribution in [3.05, 3.63) is 341 Å². The fourth-order valence-corrected chi connectivity index (χ4v) is 18.5. The Hall–Kier alpha value is -14.6. The van der Waals surface area contributed by atoms with Gasteiger partial charge in [0.15, 0.2) is 22.7 Å². The van der Waals surface area contributed by atoms with Crippen LogP contribution in [0.5, 0.6) is 0 Å². The molecular weight excluding hydrogens is 1660 g/mol. The number of aryl methyl sites for hydroxylation is 2. The van der Waals surface area contributed by atoms with Crippen LogP contribution in [0.15, 0.2) is 255 Å². The van der Waals surface area contributed by atoms with Crippen molar-refractivity contribution in [2.45, 2.75) is 135 Å². The van der Waals surface area contributed by atoms with Crippen molar-refractivity contribution in [2.24, 2.45) is 10.9 Å². The number of aromatic nitrogens is 4. The van der Waals surface area contributed by atoms with Crippen LogP contribution >= 0.6 is 0 Å². The molecule has 0 bridgehead atoms. The lowest BCUT2D eigenvalue weighted by atomic mass is 9.69. The van der Waals surface area contributed by atoms with E-state index in [0.717, 1.165) is 136 Å². The number of fused-ring (bicyclic) bond motifs is 5. The number of nitrogens with one attached hydrogen (secondary N) is 2. The summed E-state index contributed by atoms with van der Waals surface area (Å²) in [4.78, 5) is 108. The molecule has 0 aliphatic heterocycles. The molecule has 0 saturated carbocycles. The minimum atomic E-state index is -1.38. The maximum atomic E-state index is 13.7. The number of allylic oxidation sites excluding steroid dienone is 7. The van der Waals surface area contributed by atoms with Gasteiger partial charge < -0.3 is 55.3 Å². The van der Waals surface area contributed by atoms with Crippen molar-refractivity contribution in [3.8, 4) is 11.1 Å². The van der Waals surface area contributed by atoms with Crippen LogP contribution in [0.2, 0.25) is 0 Å². The normalized spacial score (nSPS) is 14.1. The van der Waals surface area contributed by atoms with Gasteiger partial charge >= 0.3 is 11.9 Å². The van der Waals surface area contributed by atoms with Gasteiger partial charge in [0.2, 0.25) is 17.1 Å². The Balaban J connectivity index is 0.000000170. The fourth-order valence-electron chi connectivity index (χ4n) is 18.5. The van der Waals surface area contributed by atoms with Crippen molar-refractivity contribution in [1.82, 2.24) is 25.3 Å². The summed E-state index contributed by atoms with van der Waals surface area (Å²) in [5.41, 5.74) is 31.6. The molecule has 0 spiro atoms. The highest BCUT2D eigenvalue weighted by molar-refractivity contribution is 6.36. The second-order valence-electron chi connectivity index (χ2n) is 33.2. The summed E-state index contributed by atoms with van der Waals surface area (Å²) in [5.74, 6) is -4.62. The predicted octanol–water partition coefficient (Wildman–Crippen LogP) is 19.2. The van der Waals surface area contributed by atoms with Crippen LogP contribution in [0.4, 0.5) is 34.4 Å². The number of aliphatic hydroxyl groups excluding tert-OH is 1. The Kier molecular flexibility index (Phi) is 31.7. The maximum Gasteiger partial charge on any atom is 0.326 e. The van der Waals surface area contributed by atoms with Crippen LogP contribution in [0, 0.1) is 19.8 Å². The third kappa shape index (κ3) is 21.2. The Morgan fingerprint density at radius 2 is 1.09 bits per heavy atom. The molecule has 0 fully saturated rings. The highest BCUT2D eigenvalue weighted by Crippen LogP contribution is 2.47. The number of aliphatic hydroxyl groups is 1. The summed E-state index contributed by atoms with van der Waals surface area (Å²) in [6.07, 6.45) is 13.9. The Morgan fingerprint density at radius 3 is 1.58 bits per heavy atom. The molecule has 2 atom stereocenters. The van der Waals surface area contributed by atoms with Crippen LogP contribution in [0.25, 0.3) is 50.3 Å². The Labute approximate surface area is 779 Å². The van der Waals surface area contributed by atoms with E-state index in [0.29, 0.717) is 28.1 Å². The van der Waals surface area contributed by atoms with Crippen LogP contribution in [0.3, 0.4) is 0 Å². The molecule has 0 saturated heterocycles. The van der Waals surface area contributed by atoms with Crippen LogP contribution in [0.1, 0.15) is 186 Å². The first-order valence-corrected chi connectivity index (χ1v) is 46.5. The summed E-state index contributed by atoms with van der Waals surface area (Å²) < 4.78 is 8.59. The third-order valence-corrected chi connectivity index (χ3v) is 25.5. The van der Waals surface area contributed by atoms with Gasteiger partial charge in [0.1, 0.15) is 36.7 Å². The van der Waals surface area contributed by atoms with Gasteiger partial charge in [-0.3, -0.25) is 33.9 Å². The zero-order chi connectivity index (χ0) is 94.8. The number of aromatic amines is 1. The number of carboxylic acid groups (broad SMARTS) is 2.